The number of amides is 1. The lowest BCUT2D eigenvalue weighted by Gasteiger charge is -2.23. The maximum absolute atomic E-state index is 12.2. The second kappa shape index (κ2) is 6.36. The summed E-state index contributed by atoms with van der Waals surface area (Å²) in [5.41, 5.74) is 1.31. The van der Waals surface area contributed by atoms with Gasteiger partial charge in [-0.05, 0) is 51.0 Å². The van der Waals surface area contributed by atoms with Crippen LogP contribution in [-0.4, -0.2) is 17.6 Å². The summed E-state index contributed by atoms with van der Waals surface area (Å²) in [5, 5.41) is 13.4. The molecular formula is C18H23NO3. The van der Waals surface area contributed by atoms with Crippen molar-refractivity contribution in [3.8, 4) is 0 Å². The molecule has 0 aliphatic rings. The molecule has 0 spiro atoms. The van der Waals surface area contributed by atoms with Crippen molar-refractivity contribution >= 4 is 5.91 Å². The number of carbonyl (C=O) groups excluding carboxylic acids is 1. The zero-order valence-electron chi connectivity index (χ0n) is 13.6. The number of rotatable bonds is 5. The van der Waals surface area contributed by atoms with E-state index in [-0.39, 0.29) is 12.5 Å². The normalized spacial score (nSPS) is 13.7. The van der Waals surface area contributed by atoms with Crippen LogP contribution in [0.2, 0.25) is 0 Å². The molecule has 0 radical (unpaired) electrons. The van der Waals surface area contributed by atoms with Gasteiger partial charge in [-0.15, -0.1) is 0 Å². The predicted molar refractivity (Wildman–Crippen MR) is 85.9 cm³/mol. The van der Waals surface area contributed by atoms with E-state index in [1.165, 1.54) is 5.56 Å². The number of benzene rings is 1. The van der Waals surface area contributed by atoms with Crippen molar-refractivity contribution in [2.24, 2.45) is 0 Å². The fraction of sp³-hybridized carbons (Fsp3) is 0.389. The molecule has 2 N–H and O–H groups in total. The Bertz CT molecular complexity index is 653. The summed E-state index contributed by atoms with van der Waals surface area (Å²) in [5.74, 6) is 1.22. The highest BCUT2D eigenvalue weighted by molar-refractivity contribution is 5.94. The third-order valence-corrected chi connectivity index (χ3v) is 3.84. The number of hydrogen-bond donors (Lipinski definition) is 2. The van der Waals surface area contributed by atoms with Gasteiger partial charge in [0.2, 0.25) is 0 Å². The molecule has 1 unspecified atom stereocenters. The van der Waals surface area contributed by atoms with Crippen molar-refractivity contribution in [3.63, 3.8) is 0 Å². The highest BCUT2D eigenvalue weighted by Crippen LogP contribution is 2.26. The van der Waals surface area contributed by atoms with Crippen LogP contribution in [0, 0.1) is 13.8 Å². The molecular weight excluding hydrogens is 278 g/mol. The Morgan fingerprint density at radius 2 is 1.91 bits per heavy atom. The van der Waals surface area contributed by atoms with E-state index in [0.29, 0.717) is 16.9 Å². The van der Waals surface area contributed by atoms with E-state index in [0.717, 1.165) is 12.2 Å². The van der Waals surface area contributed by atoms with Crippen LogP contribution in [0.5, 0.6) is 0 Å². The molecule has 4 nitrogen and oxygen atoms in total. The van der Waals surface area contributed by atoms with Crippen LogP contribution in [-0.2, 0) is 12.0 Å². The minimum atomic E-state index is -1.17. The molecule has 118 valence electrons. The quantitative estimate of drug-likeness (QED) is 0.892. The second-order valence-corrected chi connectivity index (χ2v) is 5.83. The Kier molecular flexibility index (Phi) is 4.71. The van der Waals surface area contributed by atoms with E-state index in [9.17, 15) is 9.90 Å². The van der Waals surface area contributed by atoms with Crippen molar-refractivity contribution in [2.45, 2.75) is 39.7 Å². The maximum atomic E-state index is 12.2. The highest BCUT2D eigenvalue weighted by Gasteiger charge is 2.28. The largest absolute Gasteiger partial charge is 0.466 e. The molecule has 0 bridgehead atoms. The van der Waals surface area contributed by atoms with Crippen LogP contribution in [0.4, 0.5) is 0 Å². The zero-order chi connectivity index (χ0) is 16.3. The van der Waals surface area contributed by atoms with E-state index in [1.807, 2.05) is 26.0 Å². The third-order valence-electron chi connectivity index (χ3n) is 3.84. The third kappa shape index (κ3) is 3.57. The van der Waals surface area contributed by atoms with Crippen molar-refractivity contribution in [2.75, 3.05) is 6.54 Å². The molecule has 0 saturated carbocycles. The molecule has 2 rings (SSSR count). The van der Waals surface area contributed by atoms with Crippen LogP contribution >= 0.6 is 0 Å². The Labute approximate surface area is 131 Å². The number of carbonyl (C=O) groups is 1. The van der Waals surface area contributed by atoms with E-state index >= 15 is 0 Å². The molecule has 2 aromatic rings. The van der Waals surface area contributed by atoms with Crippen LogP contribution in [0.15, 0.2) is 34.7 Å². The summed E-state index contributed by atoms with van der Waals surface area (Å²) >= 11 is 0. The van der Waals surface area contributed by atoms with E-state index in [1.54, 1.807) is 25.1 Å². The smallest absolute Gasteiger partial charge is 0.251 e. The maximum Gasteiger partial charge on any atom is 0.251 e. The van der Waals surface area contributed by atoms with Crippen LogP contribution in [0.3, 0.4) is 0 Å². The molecule has 0 saturated heterocycles. The first kappa shape index (κ1) is 16.3. The molecule has 1 heterocycles. The predicted octanol–water partition coefficient (Wildman–Crippen LogP) is 3.10. The van der Waals surface area contributed by atoms with Gasteiger partial charge in [0.15, 0.2) is 0 Å². The lowest BCUT2D eigenvalue weighted by atomic mass is 9.96. The molecule has 22 heavy (non-hydrogen) atoms. The van der Waals surface area contributed by atoms with Crippen molar-refractivity contribution in [1.82, 2.24) is 5.32 Å². The van der Waals surface area contributed by atoms with Gasteiger partial charge in [0.05, 0.1) is 6.54 Å². The molecule has 1 amide bonds. The summed E-state index contributed by atoms with van der Waals surface area (Å²) in [6.07, 6.45) is 0.940. The number of furan rings is 1. The lowest BCUT2D eigenvalue weighted by Crippen LogP contribution is -2.38. The van der Waals surface area contributed by atoms with Gasteiger partial charge in [0.1, 0.15) is 17.1 Å². The lowest BCUT2D eigenvalue weighted by molar-refractivity contribution is 0.0514. The molecule has 1 aromatic carbocycles. The van der Waals surface area contributed by atoms with Gasteiger partial charge in [0, 0.05) is 11.1 Å². The number of nitrogens with one attached hydrogen (secondary N) is 1. The molecule has 0 aliphatic carbocycles. The van der Waals surface area contributed by atoms with E-state index in [4.69, 9.17) is 4.42 Å². The molecule has 4 heteroatoms. The second-order valence-electron chi connectivity index (χ2n) is 5.83. The zero-order valence-corrected chi connectivity index (χ0v) is 13.6. The summed E-state index contributed by atoms with van der Waals surface area (Å²) < 4.78 is 5.45. The van der Waals surface area contributed by atoms with Crippen LogP contribution in [0.1, 0.15) is 46.9 Å². The van der Waals surface area contributed by atoms with E-state index < -0.39 is 5.60 Å². The number of hydrogen-bond acceptors (Lipinski definition) is 3. The SMILES string of the molecule is CCc1ccc(C(=O)NCC(C)(O)c2cc(C)oc2C)cc1. The Morgan fingerprint density at radius 1 is 1.27 bits per heavy atom. The first-order valence-electron chi connectivity index (χ1n) is 7.50. The minimum Gasteiger partial charge on any atom is -0.466 e. The first-order valence-corrected chi connectivity index (χ1v) is 7.50. The van der Waals surface area contributed by atoms with Gasteiger partial charge in [0.25, 0.3) is 5.91 Å². The van der Waals surface area contributed by atoms with Gasteiger partial charge >= 0.3 is 0 Å². The van der Waals surface area contributed by atoms with Crippen molar-refractivity contribution < 1.29 is 14.3 Å². The molecule has 0 aliphatic heterocycles. The van der Waals surface area contributed by atoms with E-state index in [2.05, 4.69) is 12.2 Å². The number of aryl methyl sites for hydroxylation is 3. The van der Waals surface area contributed by atoms with Gasteiger partial charge in [-0.1, -0.05) is 19.1 Å². The Hall–Kier alpha value is -2.07. The molecule has 1 atom stereocenters. The fourth-order valence-electron chi connectivity index (χ4n) is 2.51. The van der Waals surface area contributed by atoms with Gasteiger partial charge in [-0.25, -0.2) is 0 Å². The van der Waals surface area contributed by atoms with Gasteiger partial charge in [-0.2, -0.15) is 0 Å². The summed E-state index contributed by atoms with van der Waals surface area (Å²) in [7, 11) is 0. The first-order chi connectivity index (χ1) is 10.3. The monoisotopic (exact) mass is 301 g/mol. The van der Waals surface area contributed by atoms with Crippen molar-refractivity contribution in [3.05, 3.63) is 58.5 Å². The summed E-state index contributed by atoms with van der Waals surface area (Å²) in [4.78, 5) is 12.2. The van der Waals surface area contributed by atoms with Crippen molar-refractivity contribution in [1.29, 1.82) is 0 Å². The Morgan fingerprint density at radius 3 is 2.41 bits per heavy atom. The standard InChI is InChI=1S/C18H23NO3/c1-5-14-6-8-15(9-7-14)17(20)19-11-18(4,21)16-10-12(2)22-13(16)3/h6-10,21H,5,11H2,1-4H3,(H,19,20). The van der Waals surface area contributed by atoms with Crippen LogP contribution in [0.25, 0.3) is 0 Å². The molecule has 0 fully saturated rings. The summed E-state index contributed by atoms with van der Waals surface area (Å²) in [6, 6.07) is 9.29. The van der Waals surface area contributed by atoms with Gasteiger partial charge in [-0.3, -0.25) is 4.79 Å². The topological polar surface area (TPSA) is 62.5 Å². The molecule has 1 aromatic heterocycles. The minimum absolute atomic E-state index is 0.126. The van der Waals surface area contributed by atoms with Gasteiger partial charge < -0.3 is 14.8 Å². The average molecular weight is 301 g/mol. The highest BCUT2D eigenvalue weighted by atomic mass is 16.3. The average Bonchev–Trinajstić information content (AvgIpc) is 2.84. The number of aliphatic hydroxyl groups is 1. The Balaban J connectivity index is 2.04. The summed E-state index contributed by atoms with van der Waals surface area (Å²) in [6.45, 7) is 7.51. The van der Waals surface area contributed by atoms with Crippen LogP contribution < -0.4 is 5.32 Å². The fourth-order valence-corrected chi connectivity index (χ4v) is 2.51.